The van der Waals surface area contributed by atoms with Crippen LogP contribution < -0.4 is 0 Å². The molecule has 3 heterocycles. The van der Waals surface area contributed by atoms with Crippen LogP contribution >= 0.6 is 0 Å². The van der Waals surface area contributed by atoms with Gasteiger partial charge in [-0.05, 0) is 50.7 Å². The summed E-state index contributed by atoms with van der Waals surface area (Å²) in [5, 5.41) is 0. The molecule has 5 nitrogen and oxygen atoms in total. The third kappa shape index (κ3) is 3.97. The van der Waals surface area contributed by atoms with Crippen molar-refractivity contribution in [1.29, 1.82) is 0 Å². The van der Waals surface area contributed by atoms with Crippen molar-refractivity contribution in [1.82, 2.24) is 19.4 Å². The maximum atomic E-state index is 12.5. The molecule has 0 bridgehead atoms. The third-order valence-corrected chi connectivity index (χ3v) is 4.60. The highest BCUT2D eigenvalue weighted by Gasteiger charge is 2.24. The topological polar surface area (TPSA) is 51.0 Å². The first-order chi connectivity index (χ1) is 11.1. The smallest absolute Gasteiger partial charge is 0.242 e. The van der Waals surface area contributed by atoms with Gasteiger partial charge in [-0.3, -0.25) is 9.78 Å². The van der Waals surface area contributed by atoms with Crippen molar-refractivity contribution in [3.05, 3.63) is 47.8 Å². The van der Waals surface area contributed by atoms with Gasteiger partial charge >= 0.3 is 0 Å². The van der Waals surface area contributed by atoms with Crippen LogP contribution in [-0.2, 0) is 17.8 Å². The summed E-state index contributed by atoms with van der Waals surface area (Å²) in [6, 6.07) is 4.21. The van der Waals surface area contributed by atoms with E-state index in [2.05, 4.69) is 22.1 Å². The molecular weight excluding hydrogens is 288 g/mol. The number of amides is 1. The summed E-state index contributed by atoms with van der Waals surface area (Å²) in [4.78, 5) is 23.1. The lowest BCUT2D eigenvalue weighted by Crippen LogP contribution is -2.42. The molecule has 0 spiro atoms. The summed E-state index contributed by atoms with van der Waals surface area (Å²) in [6.45, 7) is 6.04. The van der Waals surface area contributed by atoms with Gasteiger partial charge in [-0.2, -0.15) is 0 Å². The number of aryl methyl sites for hydroxylation is 2. The molecular formula is C18H24N4O. The van der Waals surface area contributed by atoms with Crippen LogP contribution in [0.1, 0.15) is 29.9 Å². The number of hydrogen-bond donors (Lipinski definition) is 0. The SMILES string of the molecule is Cc1ccc(C[C@@H]2CCCN(C(=O)Cn3ccnc3C)C2)cn1. The van der Waals surface area contributed by atoms with Crippen molar-refractivity contribution in [2.24, 2.45) is 5.92 Å². The second-order valence-corrected chi connectivity index (χ2v) is 6.46. The van der Waals surface area contributed by atoms with Gasteiger partial charge in [-0.1, -0.05) is 6.07 Å². The first-order valence-corrected chi connectivity index (χ1v) is 8.29. The van der Waals surface area contributed by atoms with E-state index in [0.717, 1.165) is 37.4 Å². The van der Waals surface area contributed by atoms with Crippen molar-refractivity contribution in [3.63, 3.8) is 0 Å². The Kier molecular flexibility index (Phi) is 4.74. The molecule has 1 fully saturated rings. The molecule has 1 saturated heterocycles. The number of pyridine rings is 1. The molecule has 2 aromatic rings. The van der Waals surface area contributed by atoms with Crippen LogP contribution in [0.2, 0.25) is 0 Å². The number of aromatic nitrogens is 3. The molecule has 0 aromatic carbocycles. The van der Waals surface area contributed by atoms with Gasteiger partial charge in [0.25, 0.3) is 0 Å². The standard InChI is InChI=1S/C18H24N4O/c1-14-5-6-16(11-20-14)10-17-4-3-8-22(12-17)18(23)13-21-9-7-19-15(21)2/h5-7,9,11,17H,3-4,8,10,12-13H2,1-2H3/t17-/m0/s1. The van der Waals surface area contributed by atoms with Gasteiger partial charge in [-0.15, -0.1) is 0 Å². The van der Waals surface area contributed by atoms with Crippen molar-refractivity contribution in [3.8, 4) is 0 Å². The Labute approximate surface area is 137 Å². The predicted octanol–water partition coefficient (Wildman–Crippen LogP) is 2.38. The van der Waals surface area contributed by atoms with Gasteiger partial charge in [0.05, 0.1) is 0 Å². The molecule has 5 heteroatoms. The number of carbonyl (C=O) groups is 1. The van der Waals surface area contributed by atoms with Gasteiger partial charge < -0.3 is 9.47 Å². The normalized spacial score (nSPS) is 18.2. The molecule has 0 radical (unpaired) electrons. The minimum atomic E-state index is 0.192. The van der Waals surface area contributed by atoms with Gasteiger partial charge in [-0.25, -0.2) is 4.98 Å². The molecule has 0 saturated carbocycles. The minimum Gasteiger partial charge on any atom is -0.341 e. The van der Waals surface area contributed by atoms with Gasteiger partial charge in [0.2, 0.25) is 5.91 Å². The van der Waals surface area contributed by atoms with E-state index in [1.165, 1.54) is 12.0 Å². The maximum absolute atomic E-state index is 12.5. The van der Waals surface area contributed by atoms with E-state index in [-0.39, 0.29) is 5.91 Å². The average molecular weight is 312 g/mol. The van der Waals surface area contributed by atoms with Crippen molar-refractivity contribution >= 4 is 5.91 Å². The van der Waals surface area contributed by atoms with Crippen LogP contribution in [0.4, 0.5) is 0 Å². The second-order valence-electron chi connectivity index (χ2n) is 6.46. The predicted molar refractivity (Wildman–Crippen MR) is 88.9 cm³/mol. The second kappa shape index (κ2) is 6.94. The Morgan fingerprint density at radius 3 is 2.87 bits per heavy atom. The molecule has 1 aliphatic heterocycles. The highest BCUT2D eigenvalue weighted by molar-refractivity contribution is 5.76. The molecule has 0 aliphatic carbocycles. The van der Waals surface area contributed by atoms with Crippen LogP contribution in [0.15, 0.2) is 30.7 Å². The largest absolute Gasteiger partial charge is 0.341 e. The zero-order chi connectivity index (χ0) is 16.2. The molecule has 0 N–H and O–H groups in total. The summed E-state index contributed by atoms with van der Waals surface area (Å²) in [6.07, 6.45) is 8.84. The molecule has 0 unspecified atom stereocenters. The Morgan fingerprint density at radius 1 is 1.30 bits per heavy atom. The number of carbonyl (C=O) groups excluding carboxylic acids is 1. The van der Waals surface area contributed by atoms with Crippen molar-refractivity contribution in [2.45, 2.75) is 39.7 Å². The van der Waals surface area contributed by atoms with Gasteiger partial charge in [0.1, 0.15) is 12.4 Å². The summed E-state index contributed by atoms with van der Waals surface area (Å²) >= 11 is 0. The van der Waals surface area contributed by atoms with Crippen molar-refractivity contribution in [2.75, 3.05) is 13.1 Å². The Hall–Kier alpha value is -2.17. The monoisotopic (exact) mass is 312 g/mol. The Bertz CT molecular complexity index is 662. The van der Waals surface area contributed by atoms with Crippen LogP contribution in [0.5, 0.6) is 0 Å². The molecule has 1 aliphatic rings. The van der Waals surface area contributed by atoms with Gasteiger partial charge in [0.15, 0.2) is 0 Å². The number of likely N-dealkylation sites (tertiary alicyclic amines) is 1. The van der Waals surface area contributed by atoms with E-state index in [0.29, 0.717) is 12.5 Å². The number of nitrogens with zero attached hydrogens (tertiary/aromatic N) is 4. The summed E-state index contributed by atoms with van der Waals surface area (Å²) in [7, 11) is 0. The lowest BCUT2D eigenvalue weighted by atomic mass is 9.92. The highest BCUT2D eigenvalue weighted by atomic mass is 16.2. The fourth-order valence-electron chi connectivity index (χ4n) is 3.23. The van der Waals surface area contributed by atoms with E-state index in [1.54, 1.807) is 6.20 Å². The summed E-state index contributed by atoms with van der Waals surface area (Å²) in [5.41, 5.74) is 2.31. The van der Waals surface area contributed by atoms with E-state index in [4.69, 9.17) is 0 Å². The van der Waals surface area contributed by atoms with E-state index in [9.17, 15) is 4.79 Å². The molecule has 1 atom stereocenters. The van der Waals surface area contributed by atoms with E-state index < -0.39 is 0 Å². The van der Waals surface area contributed by atoms with E-state index in [1.807, 2.05) is 35.7 Å². The molecule has 1 amide bonds. The van der Waals surface area contributed by atoms with Crippen LogP contribution in [-0.4, -0.2) is 38.4 Å². The zero-order valence-electron chi connectivity index (χ0n) is 13.9. The average Bonchev–Trinajstić information content (AvgIpc) is 2.95. The Morgan fingerprint density at radius 2 is 2.17 bits per heavy atom. The molecule has 3 rings (SSSR count). The number of piperidine rings is 1. The maximum Gasteiger partial charge on any atom is 0.242 e. The summed E-state index contributed by atoms with van der Waals surface area (Å²) in [5.74, 6) is 1.61. The fraction of sp³-hybridized carbons (Fsp3) is 0.500. The molecule has 122 valence electrons. The lowest BCUT2D eigenvalue weighted by Gasteiger charge is -2.33. The van der Waals surface area contributed by atoms with E-state index >= 15 is 0 Å². The number of rotatable bonds is 4. The minimum absolute atomic E-state index is 0.192. The van der Waals surface area contributed by atoms with Crippen LogP contribution in [0.25, 0.3) is 0 Å². The Balaban J connectivity index is 1.58. The van der Waals surface area contributed by atoms with Crippen molar-refractivity contribution < 1.29 is 4.79 Å². The van der Waals surface area contributed by atoms with Gasteiger partial charge in [0, 0.05) is 37.4 Å². The van der Waals surface area contributed by atoms with Crippen LogP contribution in [0, 0.1) is 19.8 Å². The number of hydrogen-bond acceptors (Lipinski definition) is 3. The number of imidazole rings is 1. The first kappa shape index (κ1) is 15.7. The highest BCUT2D eigenvalue weighted by Crippen LogP contribution is 2.21. The lowest BCUT2D eigenvalue weighted by molar-refractivity contribution is -0.133. The summed E-state index contributed by atoms with van der Waals surface area (Å²) < 4.78 is 1.91. The third-order valence-electron chi connectivity index (χ3n) is 4.60. The molecule has 23 heavy (non-hydrogen) atoms. The zero-order valence-corrected chi connectivity index (χ0v) is 13.9. The fourth-order valence-corrected chi connectivity index (χ4v) is 3.23. The quantitative estimate of drug-likeness (QED) is 0.871. The van der Waals surface area contributed by atoms with Crippen LogP contribution in [0.3, 0.4) is 0 Å². The first-order valence-electron chi connectivity index (χ1n) is 8.29. The molecule has 2 aromatic heterocycles.